The Morgan fingerprint density at radius 1 is 1.33 bits per heavy atom. The van der Waals surface area contributed by atoms with Crippen molar-refractivity contribution in [2.24, 2.45) is 0 Å². The molecule has 116 valence electrons. The largest absolute Gasteiger partial charge is 0.385 e. The molecule has 1 rings (SSSR count). The standard InChI is InChI=1S/C14H18F2N2O3/c1-18(9-13(19)17-6-3-7-21-2)14(20)11-5-4-10(15)8-12(11)16/h4-5,8H,3,6-7,9H2,1-2H3,(H,17,19). The first-order valence-corrected chi connectivity index (χ1v) is 6.42. The van der Waals surface area contributed by atoms with Crippen LogP contribution in [0.25, 0.3) is 0 Å². The van der Waals surface area contributed by atoms with Gasteiger partial charge in [-0.05, 0) is 18.6 Å². The van der Waals surface area contributed by atoms with Crippen molar-refractivity contribution in [3.8, 4) is 0 Å². The van der Waals surface area contributed by atoms with Gasteiger partial charge in [0, 0.05) is 33.4 Å². The minimum Gasteiger partial charge on any atom is -0.385 e. The Bertz CT molecular complexity index is 509. The summed E-state index contributed by atoms with van der Waals surface area (Å²) in [5.74, 6) is -2.75. The molecule has 0 heterocycles. The average Bonchev–Trinajstić information content (AvgIpc) is 2.43. The average molecular weight is 300 g/mol. The quantitative estimate of drug-likeness (QED) is 0.770. The van der Waals surface area contributed by atoms with Crippen molar-refractivity contribution < 1.29 is 23.1 Å². The molecule has 0 atom stereocenters. The van der Waals surface area contributed by atoms with Crippen LogP contribution < -0.4 is 5.32 Å². The van der Waals surface area contributed by atoms with E-state index < -0.39 is 17.5 Å². The van der Waals surface area contributed by atoms with Crippen LogP contribution in [0.2, 0.25) is 0 Å². The van der Waals surface area contributed by atoms with E-state index in [1.165, 1.54) is 7.05 Å². The summed E-state index contributed by atoms with van der Waals surface area (Å²) in [5.41, 5.74) is -0.272. The maximum absolute atomic E-state index is 13.5. The number of benzene rings is 1. The topological polar surface area (TPSA) is 58.6 Å². The SMILES string of the molecule is COCCCNC(=O)CN(C)C(=O)c1ccc(F)cc1F. The van der Waals surface area contributed by atoms with Crippen LogP contribution in [0.5, 0.6) is 0 Å². The highest BCUT2D eigenvalue weighted by atomic mass is 19.1. The van der Waals surface area contributed by atoms with Crippen LogP contribution in [0.4, 0.5) is 8.78 Å². The van der Waals surface area contributed by atoms with Crippen LogP contribution in [0.1, 0.15) is 16.8 Å². The van der Waals surface area contributed by atoms with E-state index in [1.807, 2.05) is 0 Å². The van der Waals surface area contributed by atoms with Crippen LogP contribution in [-0.4, -0.2) is 50.6 Å². The molecule has 2 amide bonds. The summed E-state index contributed by atoms with van der Waals surface area (Å²) in [6, 6.07) is 2.68. The number of amides is 2. The molecular weight excluding hydrogens is 282 g/mol. The van der Waals surface area contributed by atoms with Crippen molar-refractivity contribution in [1.82, 2.24) is 10.2 Å². The smallest absolute Gasteiger partial charge is 0.257 e. The maximum atomic E-state index is 13.5. The molecule has 0 saturated carbocycles. The molecule has 7 heteroatoms. The van der Waals surface area contributed by atoms with Gasteiger partial charge < -0.3 is 15.0 Å². The second kappa shape index (κ2) is 8.31. The van der Waals surface area contributed by atoms with Crippen molar-refractivity contribution >= 4 is 11.8 Å². The molecule has 0 spiro atoms. The zero-order valence-electron chi connectivity index (χ0n) is 12.0. The van der Waals surface area contributed by atoms with Crippen molar-refractivity contribution in [2.75, 3.05) is 33.9 Å². The van der Waals surface area contributed by atoms with Gasteiger partial charge >= 0.3 is 0 Å². The molecule has 0 fully saturated rings. The molecule has 0 aliphatic rings. The number of rotatable bonds is 7. The van der Waals surface area contributed by atoms with E-state index >= 15 is 0 Å². The molecule has 21 heavy (non-hydrogen) atoms. The fourth-order valence-corrected chi connectivity index (χ4v) is 1.66. The van der Waals surface area contributed by atoms with Gasteiger partial charge in [-0.15, -0.1) is 0 Å². The Morgan fingerprint density at radius 3 is 2.67 bits per heavy atom. The summed E-state index contributed by atoms with van der Waals surface area (Å²) >= 11 is 0. The van der Waals surface area contributed by atoms with E-state index in [9.17, 15) is 18.4 Å². The molecule has 0 aliphatic heterocycles. The lowest BCUT2D eigenvalue weighted by Gasteiger charge is -2.17. The normalized spacial score (nSPS) is 10.3. The number of halogens is 2. The molecule has 0 aliphatic carbocycles. The number of ether oxygens (including phenoxy) is 1. The van der Waals surface area contributed by atoms with Gasteiger partial charge in [-0.1, -0.05) is 0 Å². The number of nitrogens with zero attached hydrogens (tertiary/aromatic N) is 1. The maximum Gasteiger partial charge on any atom is 0.257 e. The number of nitrogens with one attached hydrogen (secondary N) is 1. The fourth-order valence-electron chi connectivity index (χ4n) is 1.66. The minimum absolute atomic E-state index is 0.206. The highest BCUT2D eigenvalue weighted by Gasteiger charge is 2.18. The Labute approximate surface area is 121 Å². The van der Waals surface area contributed by atoms with E-state index in [2.05, 4.69) is 5.32 Å². The predicted molar refractivity (Wildman–Crippen MR) is 72.8 cm³/mol. The summed E-state index contributed by atoms with van der Waals surface area (Å²) in [4.78, 5) is 24.6. The van der Waals surface area contributed by atoms with Crippen LogP contribution in [0, 0.1) is 11.6 Å². The van der Waals surface area contributed by atoms with E-state index in [0.717, 1.165) is 17.0 Å². The lowest BCUT2D eigenvalue weighted by atomic mass is 10.2. The summed E-state index contributed by atoms with van der Waals surface area (Å²) in [7, 11) is 2.94. The molecule has 0 unspecified atom stereocenters. The van der Waals surface area contributed by atoms with Gasteiger partial charge in [0.1, 0.15) is 11.6 Å². The Kier molecular flexibility index (Phi) is 6.74. The first-order valence-electron chi connectivity index (χ1n) is 6.42. The third-order valence-corrected chi connectivity index (χ3v) is 2.74. The van der Waals surface area contributed by atoms with Gasteiger partial charge in [-0.3, -0.25) is 9.59 Å². The van der Waals surface area contributed by atoms with Gasteiger partial charge in [0.05, 0.1) is 12.1 Å². The second-order valence-electron chi connectivity index (χ2n) is 4.48. The lowest BCUT2D eigenvalue weighted by molar-refractivity contribution is -0.121. The lowest BCUT2D eigenvalue weighted by Crippen LogP contribution is -2.39. The number of likely N-dealkylation sites (N-methyl/N-ethyl adjacent to an activating group) is 1. The molecular formula is C14H18F2N2O3. The Morgan fingerprint density at radius 2 is 2.05 bits per heavy atom. The monoisotopic (exact) mass is 300 g/mol. The number of carbonyl (C=O) groups excluding carboxylic acids is 2. The molecule has 0 aromatic heterocycles. The van der Waals surface area contributed by atoms with Crippen molar-refractivity contribution in [2.45, 2.75) is 6.42 Å². The number of carbonyl (C=O) groups is 2. The van der Waals surface area contributed by atoms with Crippen LogP contribution >= 0.6 is 0 Å². The molecule has 0 radical (unpaired) electrons. The highest BCUT2D eigenvalue weighted by Crippen LogP contribution is 2.11. The van der Waals surface area contributed by atoms with E-state index in [-0.39, 0.29) is 18.0 Å². The minimum atomic E-state index is -0.952. The number of hydrogen-bond donors (Lipinski definition) is 1. The molecule has 1 aromatic rings. The first kappa shape index (κ1) is 17.0. The van der Waals surface area contributed by atoms with Crippen molar-refractivity contribution in [1.29, 1.82) is 0 Å². The second-order valence-corrected chi connectivity index (χ2v) is 4.48. The Hall–Kier alpha value is -2.02. The van der Waals surface area contributed by atoms with Crippen LogP contribution in [0.3, 0.4) is 0 Å². The van der Waals surface area contributed by atoms with Gasteiger partial charge in [0.2, 0.25) is 5.91 Å². The highest BCUT2D eigenvalue weighted by molar-refractivity contribution is 5.96. The fraction of sp³-hybridized carbons (Fsp3) is 0.429. The number of hydrogen-bond acceptors (Lipinski definition) is 3. The van der Waals surface area contributed by atoms with E-state index in [1.54, 1.807) is 7.11 Å². The molecule has 0 saturated heterocycles. The summed E-state index contributed by atoms with van der Waals surface area (Å²) < 4.78 is 31.1. The third-order valence-electron chi connectivity index (χ3n) is 2.74. The predicted octanol–water partition coefficient (Wildman–Crippen LogP) is 1.19. The van der Waals surface area contributed by atoms with Crippen molar-refractivity contribution in [3.63, 3.8) is 0 Å². The van der Waals surface area contributed by atoms with Crippen molar-refractivity contribution in [3.05, 3.63) is 35.4 Å². The first-order chi connectivity index (χ1) is 9.95. The van der Waals surface area contributed by atoms with Gasteiger partial charge in [0.15, 0.2) is 0 Å². The zero-order valence-corrected chi connectivity index (χ0v) is 12.0. The van der Waals surface area contributed by atoms with Gasteiger partial charge in [-0.2, -0.15) is 0 Å². The summed E-state index contributed by atoms with van der Waals surface area (Å²) in [5, 5.41) is 2.61. The van der Waals surface area contributed by atoms with E-state index in [4.69, 9.17) is 4.74 Å². The van der Waals surface area contributed by atoms with Crippen LogP contribution in [-0.2, 0) is 9.53 Å². The molecule has 5 nitrogen and oxygen atoms in total. The summed E-state index contributed by atoms with van der Waals surface area (Å²) in [6.07, 6.45) is 0.659. The number of methoxy groups -OCH3 is 1. The Balaban J connectivity index is 2.52. The molecule has 0 bridgehead atoms. The third kappa shape index (κ3) is 5.47. The molecule has 1 aromatic carbocycles. The van der Waals surface area contributed by atoms with Gasteiger partial charge in [-0.25, -0.2) is 8.78 Å². The van der Waals surface area contributed by atoms with Gasteiger partial charge in [0.25, 0.3) is 5.91 Å². The zero-order chi connectivity index (χ0) is 15.8. The molecule has 1 N–H and O–H groups in total. The van der Waals surface area contributed by atoms with E-state index in [0.29, 0.717) is 25.6 Å². The summed E-state index contributed by atoms with van der Waals surface area (Å²) in [6.45, 7) is 0.748. The van der Waals surface area contributed by atoms with Crippen LogP contribution in [0.15, 0.2) is 18.2 Å².